The SMILES string of the molecule is O=C(C1CC12CNCC(C(=O)O)(C(=O)O)C2)N1CCN(c2ccccc2)CC1. The Morgan fingerprint density at radius 2 is 1.61 bits per heavy atom. The summed E-state index contributed by atoms with van der Waals surface area (Å²) in [5.41, 5.74) is -1.26. The molecule has 150 valence electrons. The molecule has 2 unspecified atom stereocenters. The van der Waals surface area contributed by atoms with E-state index < -0.39 is 22.8 Å². The van der Waals surface area contributed by atoms with Gasteiger partial charge in [0.25, 0.3) is 0 Å². The zero-order valence-corrected chi connectivity index (χ0v) is 15.6. The molecule has 2 heterocycles. The van der Waals surface area contributed by atoms with Crippen molar-refractivity contribution in [3.05, 3.63) is 30.3 Å². The summed E-state index contributed by atoms with van der Waals surface area (Å²) in [6, 6.07) is 10.1. The zero-order chi connectivity index (χ0) is 19.9. The number of hydrogen-bond acceptors (Lipinski definition) is 5. The third-order valence-electron chi connectivity index (χ3n) is 6.58. The summed E-state index contributed by atoms with van der Waals surface area (Å²) in [5.74, 6) is -2.93. The molecule has 28 heavy (non-hydrogen) atoms. The maximum absolute atomic E-state index is 13.0. The molecule has 1 aromatic rings. The minimum Gasteiger partial charge on any atom is -0.480 e. The molecule has 0 aromatic heterocycles. The Kier molecular flexibility index (Phi) is 4.53. The number of carbonyl (C=O) groups excluding carboxylic acids is 1. The number of benzene rings is 1. The molecule has 2 saturated heterocycles. The van der Waals surface area contributed by atoms with Gasteiger partial charge in [0.05, 0.1) is 0 Å². The second-order valence-corrected chi connectivity index (χ2v) is 8.24. The van der Waals surface area contributed by atoms with Crippen LogP contribution in [0.4, 0.5) is 5.69 Å². The van der Waals surface area contributed by atoms with E-state index in [1.165, 1.54) is 0 Å². The average Bonchev–Trinajstić information content (AvgIpc) is 3.40. The molecule has 2 aliphatic heterocycles. The van der Waals surface area contributed by atoms with Gasteiger partial charge in [0.15, 0.2) is 5.41 Å². The van der Waals surface area contributed by atoms with E-state index in [0.717, 1.165) is 18.8 Å². The highest BCUT2D eigenvalue weighted by Gasteiger charge is 2.66. The van der Waals surface area contributed by atoms with Crippen molar-refractivity contribution in [3.8, 4) is 0 Å². The maximum atomic E-state index is 13.0. The van der Waals surface area contributed by atoms with Crippen LogP contribution in [0.25, 0.3) is 0 Å². The molecular formula is C20H25N3O5. The van der Waals surface area contributed by atoms with Crippen molar-refractivity contribution in [2.75, 3.05) is 44.2 Å². The number of carboxylic acids is 2. The molecule has 1 saturated carbocycles. The number of piperazine rings is 1. The highest BCUT2D eigenvalue weighted by molar-refractivity contribution is 5.99. The van der Waals surface area contributed by atoms with Gasteiger partial charge in [-0.25, -0.2) is 0 Å². The van der Waals surface area contributed by atoms with E-state index in [9.17, 15) is 24.6 Å². The first-order valence-electron chi connectivity index (χ1n) is 9.64. The number of carbonyl (C=O) groups is 3. The van der Waals surface area contributed by atoms with E-state index in [2.05, 4.69) is 22.3 Å². The van der Waals surface area contributed by atoms with Crippen LogP contribution in [0.15, 0.2) is 30.3 Å². The molecule has 8 heteroatoms. The van der Waals surface area contributed by atoms with Gasteiger partial charge in [-0.05, 0) is 30.4 Å². The van der Waals surface area contributed by atoms with Crippen LogP contribution in [0.3, 0.4) is 0 Å². The molecule has 0 radical (unpaired) electrons. The van der Waals surface area contributed by atoms with Gasteiger partial charge in [-0.2, -0.15) is 0 Å². The molecule has 1 aromatic carbocycles. The summed E-state index contributed by atoms with van der Waals surface area (Å²) in [5, 5.41) is 22.0. The first-order valence-corrected chi connectivity index (χ1v) is 9.64. The Bertz CT molecular complexity index is 776. The minimum absolute atomic E-state index is 0.0120. The molecular weight excluding hydrogens is 362 g/mol. The van der Waals surface area contributed by atoms with Crippen LogP contribution in [0.2, 0.25) is 0 Å². The van der Waals surface area contributed by atoms with Crippen molar-refractivity contribution in [1.29, 1.82) is 0 Å². The molecule has 2 atom stereocenters. The van der Waals surface area contributed by atoms with Gasteiger partial charge in [-0.15, -0.1) is 0 Å². The number of nitrogens with one attached hydrogen (secondary N) is 1. The normalized spacial score (nSPS) is 28.8. The highest BCUT2D eigenvalue weighted by atomic mass is 16.4. The fraction of sp³-hybridized carbons (Fsp3) is 0.550. The van der Waals surface area contributed by atoms with Crippen molar-refractivity contribution in [2.24, 2.45) is 16.7 Å². The monoisotopic (exact) mass is 387 g/mol. The number of nitrogens with zero attached hydrogens (tertiary/aromatic N) is 2. The standard InChI is InChI=1S/C20H25N3O5/c24-16(23-8-6-22(7-9-23)14-4-2-1-3-5-14)15-10-19(15)11-20(17(25)26,18(27)28)13-21-12-19/h1-5,15,21H,6-13H2,(H,25,26)(H,27,28). The van der Waals surface area contributed by atoms with Crippen molar-refractivity contribution >= 4 is 23.5 Å². The van der Waals surface area contributed by atoms with E-state index in [-0.39, 0.29) is 24.8 Å². The number of rotatable bonds is 4. The fourth-order valence-electron chi connectivity index (χ4n) is 4.78. The lowest BCUT2D eigenvalue weighted by Crippen LogP contribution is -2.55. The van der Waals surface area contributed by atoms with Crippen molar-refractivity contribution in [3.63, 3.8) is 0 Å². The van der Waals surface area contributed by atoms with Crippen LogP contribution >= 0.6 is 0 Å². The maximum Gasteiger partial charge on any atom is 0.322 e. The van der Waals surface area contributed by atoms with Crippen LogP contribution in [-0.2, 0) is 14.4 Å². The number of para-hydroxylation sites is 1. The first kappa shape index (κ1) is 18.7. The largest absolute Gasteiger partial charge is 0.480 e. The van der Waals surface area contributed by atoms with E-state index in [4.69, 9.17) is 0 Å². The molecule has 4 rings (SSSR count). The Hall–Kier alpha value is -2.61. The van der Waals surface area contributed by atoms with Crippen LogP contribution in [-0.4, -0.2) is 72.2 Å². The summed E-state index contributed by atoms with van der Waals surface area (Å²) in [4.78, 5) is 40.4. The molecule has 3 N–H and O–H groups in total. The van der Waals surface area contributed by atoms with Crippen LogP contribution < -0.4 is 10.2 Å². The van der Waals surface area contributed by atoms with E-state index in [0.29, 0.717) is 26.1 Å². The van der Waals surface area contributed by atoms with Gasteiger partial charge in [-0.3, -0.25) is 14.4 Å². The molecule has 3 fully saturated rings. The number of carboxylic acid groups (broad SMARTS) is 2. The van der Waals surface area contributed by atoms with Gasteiger partial charge in [0.1, 0.15) is 0 Å². The highest BCUT2D eigenvalue weighted by Crippen LogP contribution is 2.60. The molecule has 8 nitrogen and oxygen atoms in total. The lowest BCUT2D eigenvalue weighted by atomic mass is 9.73. The first-order chi connectivity index (χ1) is 13.4. The topological polar surface area (TPSA) is 110 Å². The number of hydrogen-bond donors (Lipinski definition) is 3. The lowest BCUT2D eigenvalue weighted by molar-refractivity contribution is -0.168. The summed E-state index contributed by atoms with van der Waals surface area (Å²) in [6.45, 7) is 3.14. The second kappa shape index (κ2) is 6.77. The number of anilines is 1. The van der Waals surface area contributed by atoms with Crippen LogP contribution in [0, 0.1) is 16.7 Å². The van der Waals surface area contributed by atoms with Gasteiger partial charge in [0.2, 0.25) is 5.91 Å². The van der Waals surface area contributed by atoms with Crippen LogP contribution in [0.1, 0.15) is 12.8 Å². The van der Waals surface area contributed by atoms with E-state index in [1.807, 2.05) is 23.1 Å². The third kappa shape index (κ3) is 3.01. The molecule has 1 spiro atoms. The number of aliphatic carboxylic acids is 2. The third-order valence-corrected chi connectivity index (χ3v) is 6.58. The predicted octanol–water partition coefficient (Wildman–Crippen LogP) is 0.490. The summed E-state index contributed by atoms with van der Waals surface area (Å²) < 4.78 is 0. The molecule has 1 aliphatic carbocycles. The smallest absolute Gasteiger partial charge is 0.322 e. The number of amides is 1. The fourth-order valence-corrected chi connectivity index (χ4v) is 4.78. The Morgan fingerprint density at radius 3 is 2.21 bits per heavy atom. The molecule has 1 amide bonds. The van der Waals surface area contributed by atoms with Gasteiger partial charge in [-0.1, -0.05) is 18.2 Å². The zero-order valence-electron chi connectivity index (χ0n) is 15.6. The minimum atomic E-state index is -1.85. The summed E-state index contributed by atoms with van der Waals surface area (Å²) in [6.07, 6.45) is 0.568. The van der Waals surface area contributed by atoms with E-state index in [1.54, 1.807) is 0 Å². The Balaban J connectivity index is 1.39. The van der Waals surface area contributed by atoms with Crippen molar-refractivity contribution in [1.82, 2.24) is 10.2 Å². The average molecular weight is 387 g/mol. The van der Waals surface area contributed by atoms with E-state index >= 15 is 0 Å². The van der Waals surface area contributed by atoms with Crippen molar-refractivity contribution < 1.29 is 24.6 Å². The number of piperidine rings is 1. The van der Waals surface area contributed by atoms with Crippen LogP contribution in [0.5, 0.6) is 0 Å². The molecule has 0 bridgehead atoms. The predicted molar refractivity (Wildman–Crippen MR) is 101 cm³/mol. The van der Waals surface area contributed by atoms with Gasteiger partial charge in [0, 0.05) is 50.9 Å². The Morgan fingerprint density at radius 1 is 0.964 bits per heavy atom. The quantitative estimate of drug-likeness (QED) is 0.645. The van der Waals surface area contributed by atoms with Gasteiger partial charge >= 0.3 is 11.9 Å². The molecule has 3 aliphatic rings. The van der Waals surface area contributed by atoms with Crippen molar-refractivity contribution in [2.45, 2.75) is 12.8 Å². The summed E-state index contributed by atoms with van der Waals surface area (Å²) in [7, 11) is 0. The van der Waals surface area contributed by atoms with Gasteiger partial charge < -0.3 is 25.3 Å². The lowest BCUT2D eigenvalue weighted by Gasteiger charge is -2.38. The second-order valence-electron chi connectivity index (χ2n) is 8.24. The Labute approximate surface area is 163 Å². The summed E-state index contributed by atoms with van der Waals surface area (Å²) >= 11 is 0.